The van der Waals surface area contributed by atoms with E-state index in [2.05, 4.69) is 4.90 Å². The van der Waals surface area contributed by atoms with Gasteiger partial charge in [-0.1, -0.05) is 0 Å². The van der Waals surface area contributed by atoms with Crippen LogP contribution in [-0.4, -0.2) is 33.7 Å². The molecule has 1 heterocycles. The van der Waals surface area contributed by atoms with Crippen molar-refractivity contribution < 1.29 is 13.2 Å². The van der Waals surface area contributed by atoms with E-state index in [1.807, 2.05) is 13.8 Å². The highest BCUT2D eigenvalue weighted by molar-refractivity contribution is 7.89. The zero-order valence-corrected chi connectivity index (χ0v) is 11.9. The molecule has 1 aromatic rings. The molecule has 0 amide bonds. The molecule has 0 bridgehead atoms. The minimum absolute atomic E-state index is 0.0307. The number of benzene rings is 1. The van der Waals surface area contributed by atoms with Gasteiger partial charge in [0.2, 0.25) is 10.0 Å². The third-order valence-electron chi connectivity index (χ3n) is 3.09. The van der Waals surface area contributed by atoms with Gasteiger partial charge < -0.3 is 15.4 Å². The van der Waals surface area contributed by atoms with Crippen molar-refractivity contribution in [3.63, 3.8) is 0 Å². The Labute approximate surface area is 113 Å². The summed E-state index contributed by atoms with van der Waals surface area (Å²) in [5.74, 6) is 0. The molecular weight excluding hydrogens is 266 g/mol. The van der Waals surface area contributed by atoms with E-state index in [9.17, 15) is 8.42 Å². The van der Waals surface area contributed by atoms with E-state index in [-0.39, 0.29) is 17.1 Å². The Kier molecular flexibility index (Phi) is 3.71. The molecule has 1 aliphatic heterocycles. The number of primary sulfonamides is 1. The van der Waals surface area contributed by atoms with E-state index in [0.717, 1.165) is 18.8 Å². The quantitative estimate of drug-likeness (QED) is 0.772. The SMILES string of the molecule is C[C@@H]1CN(c2ccc(S(N)(=O)=O)cc2N)C[C@H](C)O1. The highest BCUT2D eigenvalue weighted by Gasteiger charge is 2.24. The molecule has 1 aliphatic rings. The number of nitrogens with two attached hydrogens (primary N) is 2. The van der Waals surface area contributed by atoms with Crippen LogP contribution in [0.5, 0.6) is 0 Å². The highest BCUT2D eigenvalue weighted by atomic mass is 32.2. The summed E-state index contributed by atoms with van der Waals surface area (Å²) in [7, 11) is -3.72. The number of nitrogens with zero attached hydrogens (tertiary/aromatic N) is 1. The Balaban J connectivity index is 2.31. The minimum Gasteiger partial charge on any atom is -0.397 e. The number of rotatable bonds is 2. The van der Waals surface area contributed by atoms with Crippen LogP contribution in [0.25, 0.3) is 0 Å². The van der Waals surface area contributed by atoms with Crippen molar-refractivity contribution in [3.8, 4) is 0 Å². The molecule has 0 unspecified atom stereocenters. The van der Waals surface area contributed by atoms with Crippen LogP contribution in [0.3, 0.4) is 0 Å². The van der Waals surface area contributed by atoms with Crippen molar-refractivity contribution >= 4 is 21.4 Å². The third-order valence-corrected chi connectivity index (χ3v) is 4.00. The summed E-state index contributed by atoms with van der Waals surface area (Å²) in [5.41, 5.74) is 7.16. The Morgan fingerprint density at radius 1 is 1.26 bits per heavy atom. The van der Waals surface area contributed by atoms with Gasteiger partial charge in [0, 0.05) is 13.1 Å². The lowest BCUT2D eigenvalue weighted by atomic mass is 10.2. The smallest absolute Gasteiger partial charge is 0.238 e. The van der Waals surface area contributed by atoms with Gasteiger partial charge in [-0.2, -0.15) is 0 Å². The fraction of sp³-hybridized carbons (Fsp3) is 0.500. The summed E-state index contributed by atoms with van der Waals surface area (Å²) in [6.45, 7) is 5.45. The van der Waals surface area contributed by atoms with Gasteiger partial charge in [-0.05, 0) is 32.0 Å². The van der Waals surface area contributed by atoms with Gasteiger partial charge in [-0.15, -0.1) is 0 Å². The molecule has 0 spiro atoms. The van der Waals surface area contributed by atoms with Gasteiger partial charge in [-0.25, -0.2) is 13.6 Å². The first-order valence-corrected chi connectivity index (χ1v) is 7.64. The van der Waals surface area contributed by atoms with Crippen LogP contribution in [0.4, 0.5) is 11.4 Å². The molecule has 2 rings (SSSR count). The van der Waals surface area contributed by atoms with E-state index < -0.39 is 10.0 Å². The molecule has 4 N–H and O–H groups in total. The number of ether oxygens (including phenoxy) is 1. The molecule has 0 aromatic heterocycles. The maximum atomic E-state index is 11.3. The van der Waals surface area contributed by atoms with Gasteiger partial charge in [0.05, 0.1) is 28.5 Å². The van der Waals surface area contributed by atoms with E-state index >= 15 is 0 Å². The van der Waals surface area contributed by atoms with Crippen molar-refractivity contribution in [1.82, 2.24) is 0 Å². The molecule has 0 aliphatic carbocycles. The minimum atomic E-state index is -3.72. The third kappa shape index (κ3) is 3.17. The van der Waals surface area contributed by atoms with E-state index in [1.165, 1.54) is 12.1 Å². The Morgan fingerprint density at radius 2 is 1.84 bits per heavy atom. The second kappa shape index (κ2) is 4.99. The number of nitrogen functional groups attached to an aromatic ring is 1. The Hall–Kier alpha value is -1.31. The fourth-order valence-corrected chi connectivity index (χ4v) is 2.92. The zero-order valence-electron chi connectivity index (χ0n) is 11.0. The first-order valence-electron chi connectivity index (χ1n) is 6.10. The summed E-state index contributed by atoms with van der Waals surface area (Å²) in [5, 5.41) is 5.08. The molecule has 6 nitrogen and oxygen atoms in total. The molecule has 1 aromatic carbocycles. The molecular formula is C12H19N3O3S. The van der Waals surface area contributed by atoms with Crippen LogP contribution in [0.15, 0.2) is 23.1 Å². The lowest BCUT2D eigenvalue weighted by Crippen LogP contribution is -2.45. The number of hydrogen-bond donors (Lipinski definition) is 2. The van der Waals surface area contributed by atoms with Gasteiger partial charge in [0.1, 0.15) is 0 Å². The van der Waals surface area contributed by atoms with Crippen molar-refractivity contribution in [2.75, 3.05) is 23.7 Å². The highest BCUT2D eigenvalue weighted by Crippen LogP contribution is 2.28. The van der Waals surface area contributed by atoms with Crippen molar-refractivity contribution in [3.05, 3.63) is 18.2 Å². The summed E-state index contributed by atoms with van der Waals surface area (Å²) in [6, 6.07) is 4.57. The second-order valence-corrected chi connectivity index (χ2v) is 6.49. The maximum Gasteiger partial charge on any atom is 0.238 e. The molecule has 2 atom stereocenters. The van der Waals surface area contributed by atoms with E-state index in [1.54, 1.807) is 6.07 Å². The van der Waals surface area contributed by atoms with Gasteiger partial charge in [0.15, 0.2) is 0 Å². The number of hydrogen-bond acceptors (Lipinski definition) is 5. The second-order valence-electron chi connectivity index (χ2n) is 4.93. The summed E-state index contributed by atoms with van der Waals surface area (Å²) in [4.78, 5) is 2.13. The first-order chi connectivity index (χ1) is 8.77. The maximum absolute atomic E-state index is 11.3. The van der Waals surface area contributed by atoms with Crippen LogP contribution in [0.2, 0.25) is 0 Å². The average molecular weight is 285 g/mol. The van der Waals surface area contributed by atoms with Crippen LogP contribution < -0.4 is 15.8 Å². The monoisotopic (exact) mass is 285 g/mol. The van der Waals surface area contributed by atoms with Gasteiger partial charge in [0.25, 0.3) is 0 Å². The van der Waals surface area contributed by atoms with Crippen LogP contribution in [0, 0.1) is 0 Å². The molecule has 19 heavy (non-hydrogen) atoms. The van der Waals surface area contributed by atoms with Crippen molar-refractivity contribution in [1.29, 1.82) is 0 Å². The number of sulfonamides is 1. The first kappa shape index (κ1) is 14.1. The molecule has 1 fully saturated rings. The normalized spacial score (nSPS) is 24.5. The van der Waals surface area contributed by atoms with Crippen LogP contribution in [-0.2, 0) is 14.8 Å². The summed E-state index contributed by atoms with van der Waals surface area (Å²) >= 11 is 0. The van der Waals surface area contributed by atoms with Crippen LogP contribution >= 0.6 is 0 Å². The van der Waals surface area contributed by atoms with Crippen molar-refractivity contribution in [2.45, 2.75) is 31.0 Å². The largest absolute Gasteiger partial charge is 0.397 e. The molecule has 0 saturated carbocycles. The molecule has 106 valence electrons. The summed E-state index contributed by atoms with van der Waals surface area (Å²) < 4.78 is 28.2. The van der Waals surface area contributed by atoms with E-state index in [4.69, 9.17) is 15.6 Å². The van der Waals surface area contributed by atoms with Crippen LogP contribution in [0.1, 0.15) is 13.8 Å². The Bertz CT molecular complexity index is 564. The zero-order chi connectivity index (χ0) is 14.2. The number of anilines is 2. The lowest BCUT2D eigenvalue weighted by molar-refractivity contribution is -0.00517. The molecule has 7 heteroatoms. The fourth-order valence-electron chi connectivity index (χ4n) is 2.37. The standard InChI is InChI=1S/C12H19N3O3S/c1-8-6-15(7-9(2)18-8)12-4-3-10(5-11(12)13)19(14,16)17/h3-5,8-9H,6-7,13H2,1-2H3,(H2,14,16,17)/t8-,9+. The Morgan fingerprint density at radius 3 is 2.32 bits per heavy atom. The predicted molar refractivity (Wildman–Crippen MR) is 74.4 cm³/mol. The molecule has 0 radical (unpaired) electrons. The lowest BCUT2D eigenvalue weighted by Gasteiger charge is -2.37. The predicted octanol–water partition coefficient (Wildman–Crippen LogP) is 0.530. The van der Waals surface area contributed by atoms with Gasteiger partial charge in [-0.3, -0.25) is 0 Å². The average Bonchev–Trinajstić information content (AvgIpc) is 2.26. The van der Waals surface area contributed by atoms with Gasteiger partial charge >= 0.3 is 0 Å². The topological polar surface area (TPSA) is 98.7 Å². The van der Waals surface area contributed by atoms with E-state index in [0.29, 0.717) is 5.69 Å². The summed E-state index contributed by atoms with van der Waals surface area (Å²) in [6.07, 6.45) is 0.224. The van der Waals surface area contributed by atoms with Crippen molar-refractivity contribution in [2.24, 2.45) is 5.14 Å². The molecule has 1 saturated heterocycles. The number of morpholine rings is 1.